The molecule has 0 aromatic rings. The van der Waals surface area contributed by atoms with Crippen LogP contribution in [0, 0.1) is 0 Å². The molecule has 0 unspecified atom stereocenters. The fourth-order valence-corrected chi connectivity index (χ4v) is 2.34. The standard InChI is InChI=1S/C12H24N2/c1-3-9-14(10-4-2)12-7-5-11(13)6-8-12/h3,11-12H,1,4-10,13H2,2H3. The van der Waals surface area contributed by atoms with Gasteiger partial charge in [0.2, 0.25) is 0 Å². The van der Waals surface area contributed by atoms with Crippen molar-refractivity contribution in [2.45, 2.75) is 51.1 Å². The van der Waals surface area contributed by atoms with Crippen LogP contribution >= 0.6 is 0 Å². The van der Waals surface area contributed by atoms with Gasteiger partial charge in [-0.3, -0.25) is 4.90 Å². The molecule has 2 nitrogen and oxygen atoms in total. The molecular formula is C12H24N2. The molecule has 14 heavy (non-hydrogen) atoms. The molecule has 1 rings (SSSR count). The molecule has 1 aliphatic rings. The maximum Gasteiger partial charge on any atom is 0.0163 e. The molecule has 0 aromatic heterocycles. The Hall–Kier alpha value is -0.340. The van der Waals surface area contributed by atoms with Gasteiger partial charge in [0.15, 0.2) is 0 Å². The zero-order chi connectivity index (χ0) is 10.4. The van der Waals surface area contributed by atoms with Gasteiger partial charge in [-0.1, -0.05) is 13.0 Å². The van der Waals surface area contributed by atoms with Crippen molar-refractivity contribution in [3.63, 3.8) is 0 Å². The van der Waals surface area contributed by atoms with Crippen LogP contribution in [0.25, 0.3) is 0 Å². The van der Waals surface area contributed by atoms with Crippen LogP contribution in [-0.2, 0) is 0 Å². The summed E-state index contributed by atoms with van der Waals surface area (Å²) in [6.45, 7) is 8.30. The molecule has 0 bridgehead atoms. The van der Waals surface area contributed by atoms with E-state index in [2.05, 4.69) is 18.4 Å². The second-order valence-electron chi connectivity index (χ2n) is 4.35. The van der Waals surface area contributed by atoms with Gasteiger partial charge >= 0.3 is 0 Å². The van der Waals surface area contributed by atoms with Crippen molar-refractivity contribution in [2.24, 2.45) is 5.73 Å². The fourth-order valence-electron chi connectivity index (χ4n) is 2.34. The summed E-state index contributed by atoms with van der Waals surface area (Å²) in [5.74, 6) is 0. The van der Waals surface area contributed by atoms with E-state index in [0.717, 1.165) is 12.6 Å². The summed E-state index contributed by atoms with van der Waals surface area (Å²) in [6.07, 6.45) is 8.19. The summed E-state index contributed by atoms with van der Waals surface area (Å²) in [5, 5.41) is 0. The van der Waals surface area contributed by atoms with E-state index in [1.54, 1.807) is 0 Å². The van der Waals surface area contributed by atoms with E-state index in [-0.39, 0.29) is 0 Å². The Morgan fingerprint density at radius 2 is 2.00 bits per heavy atom. The first-order chi connectivity index (χ1) is 6.77. The third-order valence-corrected chi connectivity index (χ3v) is 3.13. The molecule has 0 aliphatic heterocycles. The van der Waals surface area contributed by atoms with Crippen molar-refractivity contribution in [2.75, 3.05) is 13.1 Å². The van der Waals surface area contributed by atoms with Gasteiger partial charge in [0.05, 0.1) is 0 Å². The highest BCUT2D eigenvalue weighted by molar-refractivity contribution is 4.84. The second kappa shape index (κ2) is 6.20. The summed E-state index contributed by atoms with van der Waals surface area (Å²) in [6, 6.07) is 1.21. The van der Waals surface area contributed by atoms with Crippen LogP contribution in [0.4, 0.5) is 0 Å². The van der Waals surface area contributed by atoms with Crippen molar-refractivity contribution in [1.82, 2.24) is 4.90 Å². The van der Waals surface area contributed by atoms with Crippen molar-refractivity contribution < 1.29 is 0 Å². The Kier molecular flexibility index (Phi) is 5.20. The van der Waals surface area contributed by atoms with Crippen molar-refractivity contribution in [3.8, 4) is 0 Å². The molecule has 0 radical (unpaired) electrons. The molecule has 1 aliphatic carbocycles. The lowest BCUT2D eigenvalue weighted by atomic mass is 9.90. The van der Waals surface area contributed by atoms with Crippen LogP contribution < -0.4 is 5.73 Å². The average molecular weight is 196 g/mol. The maximum absolute atomic E-state index is 5.91. The summed E-state index contributed by atoms with van der Waals surface area (Å²) < 4.78 is 0. The van der Waals surface area contributed by atoms with Crippen molar-refractivity contribution in [1.29, 1.82) is 0 Å². The number of hydrogen-bond acceptors (Lipinski definition) is 2. The first-order valence-corrected chi connectivity index (χ1v) is 5.88. The molecule has 2 heteroatoms. The van der Waals surface area contributed by atoms with Crippen LogP contribution in [0.2, 0.25) is 0 Å². The Labute approximate surface area is 88.2 Å². The fraction of sp³-hybridized carbons (Fsp3) is 0.833. The molecule has 0 aromatic carbocycles. The van der Waals surface area contributed by atoms with Crippen LogP contribution in [0.3, 0.4) is 0 Å². The van der Waals surface area contributed by atoms with Gasteiger partial charge in [0, 0.05) is 18.6 Å². The number of nitrogens with two attached hydrogens (primary N) is 1. The molecule has 1 saturated carbocycles. The third-order valence-electron chi connectivity index (χ3n) is 3.13. The lowest BCUT2D eigenvalue weighted by molar-refractivity contribution is 0.165. The average Bonchev–Trinajstić information content (AvgIpc) is 2.19. The zero-order valence-electron chi connectivity index (χ0n) is 9.41. The van der Waals surface area contributed by atoms with Crippen LogP contribution in [-0.4, -0.2) is 30.1 Å². The molecule has 82 valence electrons. The number of hydrogen-bond donors (Lipinski definition) is 1. The lowest BCUT2D eigenvalue weighted by Gasteiger charge is -2.35. The van der Waals surface area contributed by atoms with Gasteiger partial charge in [0.1, 0.15) is 0 Å². The van der Waals surface area contributed by atoms with Gasteiger partial charge in [0.25, 0.3) is 0 Å². The van der Waals surface area contributed by atoms with Crippen LogP contribution in [0.5, 0.6) is 0 Å². The largest absolute Gasteiger partial charge is 0.328 e. The quantitative estimate of drug-likeness (QED) is 0.683. The smallest absolute Gasteiger partial charge is 0.0163 e. The van der Waals surface area contributed by atoms with E-state index < -0.39 is 0 Å². The minimum atomic E-state index is 0.457. The van der Waals surface area contributed by atoms with E-state index >= 15 is 0 Å². The van der Waals surface area contributed by atoms with E-state index in [4.69, 9.17) is 5.73 Å². The zero-order valence-corrected chi connectivity index (χ0v) is 9.41. The van der Waals surface area contributed by atoms with Crippen LogP contribution in [0.15, 0.2) is 12.7 Å². The highest BCUT2D eigenvalue weighted by Crippen LogP contribution is 2.22. The molecule has 0 saturated heterocycles. The lowest BCUT2D eigenvalue weighted by Crippen LogP contribution is -2.41. The number of nitrogens with zero attached hydrogens (tertiary/aromatic N) is 1. The first-order valence-electron chi connectivity index (χ1n) is 5.88. The van der Waals surface area contributed by atoms with E-state index in [0.29, 0.717) is 6.04 Å². The summed E-state index contributed by atoms with van der Waals surface area (Å²) in [7, 11) is 0. The minimum Gasteiger partial charge on any atom is -0.328 e. The van der Waals surface area contributed by atoms with E-state index in [1.807, 2.05) is 6.08 Å². The van der Waals surface area contributed by atoms with E-state index in [9.17, 15) is 0 Å². The molecule has 0 amide bonds. The Morgan fingerprint density at radius 1 is 1.36 bits per heavy atom. The molecule has 0 heterocycles. The minimum absolute atomic E-state index is 0.457. The van der Waals surface area contributed by atoms with Gasteiger partial charge in [-0.25, -0.2) is 0 Å². The van der Waals surface area contributed by atoms with Crippen molar-refractivity contribution >= 4 is 0 Å². The second-order valence-corrected chi connectivity index (χ2v) is 4.35. The molecular weight excluding hydrogens is 172 g/mol. The predicted octanol–water partition coefficient (Wildman–Crippen LogP) is 2.15. The van der Waals surface area contributed by atoms with Gasteiger partial charge in [-0.15, -0.1) is 6.58 Å². The van der Waals surface area contributed by atoms with Crippen molar-refractivity contribution in [3.05, 3.63) is 12.7 Å². The Balaban J connectivity index is 2.38. The SMILES string of the molecule is C=CCN(CCC)C1CCC(N)CC1. The summed E-state index contributed by atoms with van der Waals surface area (Å²) >= 11 is 0. The molecule has 0 spiro atoms. The van der Waals surface area contributed by atoms with Gasteiger partial charge in [-0.05, 0) is 38.6 Å². The van der Waals surface area contributed by atoms with Gasteiger partial charge < -0.3 is 5.73 Å². The summed E-state index contributed by atoms with van der Waals surface area (Å²) in [5.41, 5.74) is 5.91. The normalized spacial score (nSPS) is 27.9. The monoisotopic (exact) mass is 196 g/mol. The predicted molar refractivity (Wildman–Crippen MR) is 62.3 cm³/mol. The highest BCUT2D eigenvalue weighted by Gasteiger charge is 2.22. The van der Waals surface area contributed by atoms with E-state index in [1.165, 1.54) is 38.6 Å². The molecule has 1 fully saturated rings. The highest BCUT2D eigenvalue weighted by atomic mass is 15.1. The third kappa shape index (κ3) is 3.43. The Bertz CT molecular complexity index is 160. The topological polar surface area (TPSA) is 29.3 Å². The molecule has 2 N–H and O–H groups in total. The number of rotatable bonds is 5. The first kappa shape index (κ1) is 11.7. The summed E-state index contributed by atoms with van der Waals surface area (Å²) in [4.78, 5) is 2.55. The maximum atomic E-state index is 5.91. The van der Waals surface area contributed by atoms with Gasteiger partial charge in [-0.2, -0.15) is 0 Å². The van der Waals surface area contributed by atoms with Crippen LogP contribution in [0.1, 0.15) is 39.0 Å². The molecule has 0 atom stereocenters. The Morgan fingerprint density at radius 3 is 2.50 bits per heavy atom.